The number of aromatic nitrogens is 3. The predicted molar refractivity (Wildman–Crippen MR) is 175 cm³/mol. The molecule has 0 radical (unpaired) electrons. The van der Waals surface area contributed by atoms with E-state index >= 15 is 0 Å². The Kier molecular flexibility index (Phi) is 8.59. The van der Waals surface area contributed by atoms with E-state index in [0.717, 1.165) is 55.5 Å². The van der Waals surface area contributed by atoms with Crippen LogP contribution in [0, 0.1) is 10.1 Å². The number of rotatable bonds is 10. The lowest BCUT2D eigenvalue weighted by atomic mass is 9.98. The molecule has 5 aromatic rings. The fourth-order valence-corrected chi connectivity index (χ4v) is 5.73. The number of carbonyl (C=O) groups is 2. The van der Waals surface area contributed by atoms with Crippen molar-refractivity contribution in [2.24, 2.45) is 4.99 Å². The summed E-state index contributed by atoms with van der Waals surface area (Å²) in [5, 5.41) is 25.7. The van der Waals surface area contributed by atoms with Crippen molar-refractivity contribution in [3.63, 3.8) is 0 Å². The number of benzene rings is 3. The summed E-state index contributed by atoms with van der Waals surface area (Å²) in [6, 6.07) is 19.6. The number of nitro benzene ring substituents is 1. The molecule has 2 aromatic heterocycles. The number of fused-ring (bicyclic) bond motifs is 1. The molecule has 3 aromatic carbocycles. The second kappa shape index (κ2) is 13.1. The molecular weight excluding hydrogens is 586 g/mol. The van der Waals surface area contributed by atoms with E-state index in [9.17, 15) is 24.8 Å². The largest absolute Gasteiger partial charge is 0.494 e. The molecule has 2 amide bonds. The standard InChI is InChI=1S/C34H33N7O5/c1-21(42)36-34-35-20-29(39-34)23-11-13-25(14-12-23)37-32(31-27-19-26(41(45)46)15-16-28(27)38-33(31)44)24-9-7-22(8-10-24)5-4-18-40-17-3-2-6-30(40)43/h7-16,19-20,38,44H,2-6,17-18H2,1H3,(H2,35,36,39,42). The Morgan fingerprint density at radius 1 is 1.09 bits per heavy atom. The summed E-state index contributed by atoms with van der Waals surface area (Å²) in [6.45, 7) is 2.97. The van der Waals surface area contributed by atoms with Crippen LogP contribution in [0.2, 0.25) is 0 Å². The molecule has 46 heavy (non-hydrogen) atoms. The Labute approximate surface area is 264 Å². The summed E-state index contributed by atoms with van der Waals surface area (Å²) < 4.78 is 0. The molecule has 1 aliphatic heterocycles. The molecule has 0 atom stereocenters. The first-order valence-corrected chi connectivity index (χ1v) is 15.1. The number of aromatic hydroxyl groups is 1. The van der Waals surface area contributed by atoms with Gasteiger partial charge in [-0.05, 0) is 55.0 Å². The average molecular weight is 620 g/mol. The quantitative estimate of drug-likeness (QED) is 0.0819. The molecule has 0 bridgehead atoms. The molecule has 4 N–H and O–H groups in total. The maximum absolute atomic E-state index is 12.2. The number of nitrogens with one attached hydrogen (secondary N) is 3. The van der Waals surface area contributed by atoms with Gasteiger partial charge in [-0.25, -0.2) is 9.98 Å². The number of non-ortho nitro benzene ring substituents is 1. The zero-order valence-corrected chi connectivity index (χ0v) is 25.2. The lowest BCUT2D eigenvalue weighted by molar-refractivity contribution is -0.384. The normalized spacial score (nSPS) is 13.7. The number of aryl methyl sites for hydroxylation is 1. The highest BCUT2D eigenvalue weighted by molar-refractivity contribution is 6.22. The smallest absolute Gasteiger partial charge is 0.270 e. The lowest BCUT2D eigenvalue weighted by Gasteiger charge is -2.26. The van der Waals surface area contributed by atoms with Gasteiger partial charge in [0, 0.05) is 55.0 Å². The highest BCUT2D eigenvalue weighted by Gasteiger charge is 2.22. The monoisotopic (exact) mass is 619 g/mol. The number of piperidine rings is 1. The number of anilines is 1. The average Bonchev–Trinajstić information content (AvgIpc) is 3.64. The number of hydrogen-bond acceptors (Lipinski definition) is 7. The van der Waals surface area contributed by atoms with Crippen molar-refractivity contribution >= 4 is 45.8 Å². The van der Waals surface area contributed by atoms with Gasteiger partial charge in [0.25, 0.3) is 5.69 Å². The maximum atomic E-state index is 12.2. The third-order valence-electron chi connectivity index (χ3n) is 8.04. The second-order valence-corrected chi connectivity index (χ2v) is 11.3. The molecule has 234 valence electrons. The summed E-state index contributed by atoms with van der Waals surface area (Å²) in [4.78, 5) is 51.7. The van der Waals surface area contributed by atoms with Gasteiger partial charge in [0.2, 0.25) is 17.8 Å². The number of aliphatic imine (C=N–C) groups is 1. The van der Waals surface area contributed by atoms with Gasteiger partial charge in [-0.3, -0.25) is 25.0 Å². The van der Waals surface area contributed by atoms with E-state index in [1.165, 1.54) is 19.1 Å². The summed E-state index contributed by atoms with van der Waals surface area (Å²) >= 11 is 0. The minimum Gasteiger partial charge on any atom is -0.494 e. The molecule has 6 rings (SSSR count). The minimum absolute atomic E-state index is 0.0998. The zero-order valence-electron chi connectivity index (χ0n) is 25.2. The topological polar surface area (TPSA) is 170 Å². The van der Waals surface area contributed by atoms with Gasteiger partial charge in [0.05, 0.1) is 33.8 Å². The fraction of sp³-hybridized carbons (Fsp3) is 0.235. The number of hydrogen-bond donors (Lipinski definition) is 4. The SMILES string of the molecule is CC(=O)Nc1ncc(-c2ccc(N=C(c3ccc(CCCN4CCCCC4=O)cc3)c3c(O)[nH]c4ccc([N+](=O)[O-])cc34)cc2)[nH]1. The minimum atomic E-state index is -0.470. The molecule has 1 aliphatic rings. The van der Waals surface area contributed by atoms with E-state index in [1.807, 2.05) is 53.4 Å². The molecule has 12 nitrogen and oxygen atoms in total. The van der Waals surface area contributed by atoms with Crippen molar-refractivity contribution in [1.29, 1.82) is 0 Å². The van der Waals surface area contributed by atoms with Crippen LogP contribution in [0.15, 0.2) is 77.9 Å². The number of amides is 2. The number of carbonyl (C=O) groups excluding carboxylic acids is 2. The van der Waals surface area contributed by atoms with Gasteiger partial charge in [0.15, 0.2) is 5.88 Å². The number of aromatic amines is 2. The summed E-state index contributed by atoms with van der Waals surface area (Å²) in [6.07, 6.45) is 5.94. The number of H-pyrrole nitrogens is 2. The summed E-state index contributed by atoms with van der Waals surface area (Å²) in [5.41, 5.74) is 5.19. The van der Waals surface area contributed by atoms with Gasteiger partial charge in [-0.15, -0.1) is 0 Å². The van der Waals surface area contributed by atoms with Crippen LogP contribution < -0.4 is 5.32 Å². The highest BCUT2D eigenvalue weighted by atomic mass is 16.6. The summed E-state index contributed by atoms with van der Waals surface area (Å²) in [7, 11) is 0. The summed E-state index contributed by atoms with van der Waals surface area (Å²) in [5.74, 6) is 0.197. The van der Waals surface area contributed by atoms with Crippen molar-refractivity contribution in [2.45, 2.75) is 39.0 Å². The van der Waals surface area contributed by atoms with Gasteiger partial charge >= 0.3 is 0 Å². The van der Waals surface area contributed by atoms with Crippen molar-refractivity contribution in [3.8, 4) is 17.1 Å². The molecule has 1 saturated heterocycles. The maximum Gasteiger partial charge on any atom is 0.270 e. The van der Waals surface area contributed by atoms with Crippen LogP contribution in [0.3, 0.4) is 0 Å². The third-order valence-corrected chi connectivity index (χ3v) is 8.04. The van der Waals surface area contributed by atoms with E-state index in [-0.39, 0.29) is 23.4 Å². The lowest BCUT2D eigenvalue weighted by Crippen LogP contribution is -2.36. The third kappa shape index (κ3) is 6.65. The van der Waals surface area contributed by atoms with Gasteiger partial charge in [-0.2, -0.15) is 0 Å². The molecule has 3 heterocycles. The Morgan fingerprint density at radius 2 is 1.87 bits per heavy atom. The number of imidazole rings is 1. The van der Waals surface area contributed by atoms with Crippen LogP contribution in [-0.4, -0.2) is 60.5 Å². The Bertz CT molecular complexity index is 1940. The molecule has 0 aliphatic carbocycles. The van der Waals surface area contributed by atoms with Gasteiger partial charge < -0.3 is 20.0 Å². The van der Waals surface area contributed by atoms with Crippen LogP contribution >= 0.6 is 0 Å². The zero-order chi connectivity index (χ0) is 32.2. The van der Waals surface area contributed by atoms with Crippen molar-refractivity contribution < 1.29 is 19.6 Å². The first kappa shape index (κ1) is 30.3. The first-order chi connectivity index (χ1) is 22.2. The van der Waals surface area contributed by atoms with E-state index in [1.54, 1.807) is 12.3 Å². The van der Waals surface area contributed by atoms with Crippen LogP contribution in [-0.2, 0) is 16.0 Å². The fourth-order valence-electron chi connectivity index (χ4n) is 5.73. The number of nitro groups is 1. The predicted octanol–water partition coefficient (Wildman–Crippen LogP) is 6.24. The van der Waals surface area contributed by atoms with Crippen LogP contribution in [0.1, 0.15) is 49.3 Å². The molecule has 0 saturated carbocycles. The molecule has 1 fully saturated rings. The highest BCUT2D eigenvalue weighted by Crippen LogP contribution is 2.34. The van der Waals surface area contributed by atoms with Crippen molar-refractivity contribution in [2.75, 3.05) is 18.4 Å². The van der Waals surface area contributed by atoms with Crippen molar-refractivity contribution in [1.82, 2.24) is 19.9 Å². The van der Waals surface area contributed by atoms with E-state index in [2.05, 4.69) is 20.3 Å². The molecular formula is C34H33N7O5. The molecule has 0 unspecified atom stereocenters. The Morgan fingerprint density at radius 3 is 2.59 bits per heavy atom. The van der Waals surface area contributed by atoms with E-state index in [0.29, 0.717) is 45.9 Å². The van der Waals surface area contributed by atoms with E-state index < -0.39 is 4.92 Å². The van der Waals surface area contributed by atoms with Crippen LogP contribution in [0.4, 0.5) is 17.3 Å². The Balaban J connectivity index is 1.32. The van der Waals surface area contributed by atoms with E-state index in [4.69, 9.17) is 4.99 Å². The molecule has 12 heteroatoms. The van der Waals surface area contributed by atoms with Crippen LogP contribution in [0.5, 0.6) is 5.88 Å². The number of likely N-dealkylation sites (tertiary alicyclic amines) is 1. The van der Waals surface area contributed by atoms with Crippen LogP contribution in [0.25, 0.3) is 22.2 Å². The van der Waals surface area contributed by atoms with Gasteiger partial charge in [-0.1, -0.05) is 36.4 Å². The second-order valence-electron chi connectivity index (χ2n) is 11.3. The number of nitrogens with zero attached hydrogens (tertiary/aromatic N) is 4. The first-order valence-electron chi connectivity index (χ1n) is 15.1. The molecule has 0 spiro atoms. The Hall–Kier alpha value is -5.78. The van der Waals surface area contributed by atoms with Gasteiger partial charge in [0.1, 0.15) is 0 Å². The van der Waals surface area contributed by atoms with Crippen molar-refractivity contribution in [3.05, 3.63) is 99.7 Å².